The summed E-state index contributed by atoms with van der Waals surface area (Å²) >= 11 is 0. The standard InChI is InChI=1S/C19H32B/c1-14-17-12-16(19(17,2)3)13-18(14)20-11-7-10-15-8-5-4-6-9-15/h8,14,16-18H,4-7,9-13H2,1-3H3/t14-,16+,17-,18-/m1/s1. The SMILES string of the molecule is C[C@H]1[C@H]([B]CCCC2=CCCCC2)C[C@@H]2C[C@H]1C2(C)C. The molecule has 3 fully saturated rings. The topological polar surface area (TPSA) is 0 Å². The lowest BCUT2D eigenvalue weighted by Crippen LogP contribution is -2.54. The van der Waals surface area contributed by atoms with E-state index in [2.05, 4.69) is 34.1 Å². The van der Waals surface area contributed by atoms with E-state index in [1.165, 1.54) is 57.7 Å². The van der Waals surface area contributed by atoms with Crippen LogP contribution < -0.4 is 0 Å². The first-order valence-electron chi connectivity index (χ1n) is 9.10. The van der Waals surface area contributed by atoms with Gasteiger partial charge in [0.15, 0.2) is 0 Å². The second-order valence-corrected chi connectivity index (χ2v) is 8.36. The number of hydrogen-bond acceptors (Lipinski definition) is 0. The zero-order chi connectivity index (χ0) is 14.2. The highest BCUT2D eigenvalue weighted by Gasteiger charge is 2.55. The van der Waals surface area contributed by atoms with E-state index in [9.17, 15) is 0 Å². The fraction of sp³-hybridized carbons (Fsp3) is 0.895. The average molecular weight is 271 g/mol. The second-order valence-electron chi connectivity index (χ2n) is 8.36. The summed E-state index contributed by atoms with van der Waals surface area (Å²) in [6.45, 7) is 7.54. The van der Waals surface area contributed by atoms with Gasteiger partial charge in [-0.2, -0.15) is 0 Å². The van der Waals surface area contributed by atoms with E-state index in [0.29, 0.717) is 5.41 Å². The molecule has 3 saturated carbocycles. The molecule has 4 atom stereocenters. The van der Waals surface area contributed by atoms with Crippen LogP contribution in [0.1, 0.15) is 72.1 Å². The van der Waals surface area contributed by atoms with E-state index in [0.717, 1.165) is 23.6 Å². The maximum absolute atomic E-state index is 2.70. The molecular formula is C19H32B. The van der Waals surface area contributed by atoms with Gasteiger partial charge in [0, 0.05) is 0 Å². The molecule has 0 N–H and O–H groups in total. The third-order valence-corrected chi connectivity index (χ3v) is 6.97. The normalized spacial score (nSPS) is 38.9. The van der Waals surface area contributed by atoms with Crippen molar-refractivity contribution in [3.8, 4) is 0 Å². The van der Waals surface area contributed by atoms with Crippen molar-refractivity contribution in [3.63, 3.8) is 0 Å². The Bertz CT molecular complexity index is 368. The highest BCUT2D eigenvalue weighted by Crippen LogP contribution is 2.64. The van der Waals surface area contributed by atoms with Gasteiger partial charge in [0.1, 0.15) is 7.28 Å². The lowest BCUT2D eigenvalue weighted by molar-refractivity contribution is -0.0985. The third-order valence-electron chi connectivity index (χ3n) is 6.97. The summed E-state index contributed by atoms with van der Waals surface area (Å²) in [6.07, 6.45) is 15.2. The molecule has 0 amide bonds. The lowest BCUT2D eigenvalue weighted by atomic mass is 9.37. The molecule has 4 rings (SSSR count). The number of allylic oxidation sites excluding steroid dienone is 2. The van der Waals surface area contributed by atoms with Gasteiger partial charge < -0.3 is 0 Å². The van der Waals surface area contributed by atoms with E-state index in [1.807, 2.05) is 0 Å². The monoisotopic (exact) mass is 271 g/mol. The van der Waals surface area contributed by atoms with Gasteiger partial charge in [-0.3, -0.25) is 0 Å². The molecule has 0 unspecified atom stereocenters. The fourth-order valence-corrected chi connectivity index (χ4v) is 5.29. The fourth-order valence-electron chi connectivity index (χ4n) is 5.29. The van der Waals surface area contributed by atoms with Crippen molar-refractivity contribution in [1.29, 1.82) is 0 Å². The second kappa shape index (κ2) is 5.89. The van der Waals surface area contributed by atoms with Crippen molar-refractivity contribution in [2.45, 2.75) is 84.3 Å². The van der Waals surface area contributed by atoms with E-state index < -0.39 is 0 Å². The predicted molar refractivity (Wildman–Crippen MR) is 89.3 cm³/mol. The van der Waals surface area contributed by atoms with Crippen LogP contribution in [0.15, 0.2) is 11.6 Å². The van der Waals surface area contributed by atoms with Crippen molar-refractivity contribution >= 4 is 7.28 Å². The van der Waals surface area contributed by atoms with Crippen LogP contribution in [0.3, 0.4) is 0 Å². The zero-order valence-corrected chi connectivity index (χ0v) is 13.8. The summed E-state index contributed by atoms with van der Waals surface area (Å²) in [7, 11) is 2.70. The van der Waals surface area contributed by atoms with Gasteiger partial charge in [-0.05, 0) is 61.7 Å². The number of fused-ring (bicyclic) bond motifs is 2. The Balaban J connectivity index is 1.38. The van der Waals surface area contributed by atoms with Crippen LogP contribution in [-0.4, -0.2) is 7.28 Å². The van der Waals surface area contributed by atoms with Crippen LogP contribution in [0.25, 0.3) is 0 Å². The maximum atomic E-state index is 2.70. The molecule has 2 bridgehead atoms. The van der Waals surface area contributed by atoms with Crippen molar-refractivity contribution in [2.75, 3.05) is 0 Å². The minimum Gasteiger partial charge on any atom is -0.0853 e. The molecule has 0 heterocycles. The smallest absolute Gasteiger partial charge is 0.0853 e. The van der Waals surface area contributed by atoms with E-state index in [4.69, 9.17) is 0 Å². The Hall–Kier alpha value is -0.195. The van der Waals surface area contributed by atoms with Crippen molar-refractivity contribution in [3.05, 3.63) is 11.6 Å². The molecule has 0 aromatic rings. The van der Waals surface area contributed by atoms with Crippen molar-refractivity contribution < 1.29 is 0 Å². The molecule has 20 heavy (non-hydrogen) atoms. The molecule has 4 aliphatic rings. The molecule has 0 nitrogen and oxygen atoms in total. The molecule has 0 aromatic carbocycles. The van der Waals surface area contributed by atoms with Crippen LogP contribution in [0.4, 0.5) is 0 Å². The first-order valence-corrected chi connectivity index (χ1v) is 9.10. The first-order chi connectivity index (χ1) is 9.59. The van der Waals surface area contributed by atoms with Crippen LogP contribution in [0.5, 0.6) is 0 Å². The zero-order valence-electron chi connectivity index (χ0n) is 13.8. The van der Waals surface area contributed by atoms with Crippen LogP contribution in [0.2, 0.25) is 12.1 Å². The molecule has 0 spiro atoms. The Labute approximate surface area is 127 Å². The summed E-state index contributed by atoms with van der Waals surface area (Å²) in [5.74, 6) is 3.88. The van der Waals surface area contributed by atoms with Crippen LogP contribution in [0, 0.1) is 23.2 Å². The van der Waals surface area contributed by atoms with E-state index in [-0.39, 0.29) is 0 Å². The van der Waals surface area contributed by atoms with Gasteiger partial charge in [-0.1, -0.05) is 57.4 Å². The molecule has 0 saturated heterocycles. The number of hydrogen-bond donors (Lipinski definition) is 0. The summed E-state index contributed by atoms with van der Waals surface area (Å²) in [5.41, 5.74) is 2.40. The molecular weight excluding hydrogens is 239 g/mol. The average Bonchev–Trinajstić information content (AvgIpc) is 2.45. The molecule has 1 radical (unpaired) electrons. The Morgan fingerprint density at radius 1 is 1.25 bits per heavy atom. The molecule has 1 heteroatoms. The Morgan fingerprint density at radius 3 is 2.75 bits per heavy atom. The molecule has 4 aliphatic carbocycles. The van der Waals surface area contributed by atoms with Crippen molar-refractivity contribution in [1.82, 2.24) is 0 Å². The maximum Gasteiger partial charge on any atom is 0.114 e. The summed E-state index contributed by atoms with van der Waals surface area (Å²) < 4.78 is 0. The third kappa shape index (κ3) is 2.74. The van der Waals surface area contributed by atoms with E-state index >= 15 is 0 Å². The van der Waals surface area contributed by atoms with Crippen LogP contribution >= 0.6 is 0 Å². The van der Waals surface area contributed by atoms with Gasteiger partial charge in [-0.15, -0.1) is 0 Å². The minimum absolute atomic E-state index is 0.649. The first kappa shape index (κ1) is 14.7. The van der Waals surface area contributed by atoms with Crippen LogP contribution in [-0.2, 0) is 0 Å². The Morgan fingerprint density at radius 2 is 2.10 bits per heavy atom. The summed E-state index contributed by atoms with van der Waals surface area (Å²) in [5, 5.41) is 0. The number of rotatable bonds is 5. The predicted octanol–water partition coefficient (Wildman–Crippen LogP) is 5.88. The van der Waals surface area contributed by atoms with Gasteiger partial charge in [0.05, 0.1) is 0 Å². The summed E-state index contributed by atoms with van der Waals surface area (Å²) in [4.78, 5) is 0. The van der Waals surface area contributed by atoms with Gasteiger partial charge in [0.2, 0.25) is 0 Å². The Kier molecular flexibility index (Phi) is 4.34. The summed E-state index contributed by atoms with van der Waals surface area (Å²) in [6, 6.07) is 0. The van der Waals surface area contributed by atoms with E-state index in [1.54, 1.807) is 5.57 Å². The molecule has 111 valence electrons. The van der Waals surface area contributed by atoms with Gasteiger partial charge in [0.25, 0.3) is 0 Å². The van der Waals surface area contributed by atoms with Crippen molar-refractivity contribution in [2.24, 2.45) is 23.2 Å². The highest BCUT2D eigenvalue weighted by molar-refractivity contribution is 6.37. The van der Waals surface area contributed by atoms with Gasteiger partial charge >= 0.3 is 0 Å². The largest absolute Gasteiger partial charge is 0.114 e. The minimum atomic E-state index is 0.649. The lowest BCUT2D eigenvalue weighted by Gasteiger charge is -2.62. The quantitative estimate of drug-likeness (QED) is 0.333. The highest BCUT2D eigenvalue weighted by atomic mass is 14.6. The van der Waals surface area contributed by atoms with Gasteiger partial charge in [-0.25, -0.2) is 0 Å². The molecule has 0 aromatic heterocycles. The molecule has 0 aliphatic heterocycles.